The van der Waals surface area contributed by atoms with Gasteiger partial charge < -0.3 is 9.73 Å². The van der Waals surface area contributed by atoms with Gasteiger partial charge in [-0.05, 0) is 42.2 Å². The van der Waals surface area contributed by atoms with Crippen LogP contribution in [0.15, 0.2) is 59.5 Å². The van der Waals surface area contributed by atoms with Gasteiger partial charge in [0, 0.05) is 21.7 Å². The van der Waals surface area contributed by atoms with Gasteiger partial charge in [-0.3, -0.25) is 4.79 Å². The summed E-state index contributed by atoms with van der Waals surface area (Å²) in [4.78, 5) is 16.0. The van der Waals surface area contributed by atoms with E-state index in [9.17, 15) is 4.79 Å². The molecule has 0 spiro atoms. The van der Waals surface area contributed by atoms with Crippen LogP contribution in [0.2, 0.25) is 10.0 Å². The van der Waals surface area contributed by atoms with Crippen molar-refractivity contribution in [2.45, 2.75) is 32.2 Å². The van der Waals surface area contributed by atoms with E-state index in [1.54, 1.807) is 12.1 Å². The van der Waals surface area contributed by atoms with Gasteiger partial charge in [-0.2, -0.15) is 0 Å². The SMILES string of the molecule is CCC[C@@H](Cc1ccc(-c2cc(Cl)ccc2Cl)cc1)NC(=O)c1cnco1. The minimum atomic E-state index is -0.242. The Hall–Kier alpha value is -2.30. The molecule has 0 radical (unpaired) electrons. The predicted molar refractivity (Wildman–Crippen MR) is 108 cm³/mol. The Morgan fingerprint density at radius 1 is 1.19 bits per heavy atom. The minimum Gasteiger partial charge on any atom is -0.438 e. The van der Waals surface area contributed by atoms with Crippen molar-refractivity contribution in [2.24, 2.45) is 0 Å². The molecule has 1 atom stereocenters. The Bertz CT molecular complexity index is 893. The number of aromatic nitrogens is 1. The van der Waals surface area contributed by atoms with Crippen molar-refractivity contribution in [3.05, 3.63) is 76.4 Å². The van der Waals surface area contributed by atoms with Crippen molar-refractivity contribution in [3.63, 3.8) is 0 Å². The summed E-state index contributed by atoms with van der Waals surface area (Å²) in [5.41, 5.74) is 3.04. The third-order valence-corrected chi connectivity index (χ3v) is 4.87. The number of benzene rings is 2. The summed E-state index contributed by atoms with van der Waals surface area (Å²) in [6, 6.07) is 13.6. The zero-order valence-corrected chi connectivity index (χ0v) is 16.4. The number of nitrogens with one attached hydrogen (secondary N) is 1. The molecule has 140 valence electrons. The summed E-state index contributed by atoms with van der Waals surface area (Å²) < 4.78 is 5.06. The van der Waals surface area contributed by atoms with Gasteiger partial charge in [-0.25, -0.2) is 4.98 Å². The van der Waals surface area contributed by atoms with Crippen molar-refractivity contribution in [3.8, 4) is 11.1 Å². The Balaban J connectivity index is 1.71. The standard InChI is InChI=1S/C21H20Cl2N2O2/c1-2-3-17(25-21(26)20-12-24-13-27-20)10-14-4-6-15(7-5-14)18-11-16(22)8-9-19(18)23/h4-9,11-13,17H,2-3,10H2,1H3,(H,25,26)/t17-/m0/s1. The monoisotopic (exact) mass is 402 g/mol. The third kappa shape index (κ3) is 5.12. The average molecular weight is 403 g/mol. The molecular formula is C21H20Cl2N2O2. The zero-order valence-electron chi connectivity index (χ0n) is 14.9. The molecular weight excluding hydrogens is 383 g/mol. The lowest BCUT2D eigenvalue weighted by molar-refractivity contribution is 0.0906. The molecule has 3 rings (SSSR count). The van der Waals surface area contributed by atoms with Crippen molar-refractivity contribution in [1.82, 2.24) is 10.3 Å². The van der Waals surface area contributed by atoms with Crippen LogP contribution in [-0.4, -0.2) is 16.9 Å². The molecule has 0 fully saturated rings. The maximum Gasteiger partial charge on any atom is 0.288 e. The highest BCUT2D eigenvalue weighted by Gasteiger charge is 2.16. The first-order chi connectivity index (χ1) is 13.1. The molecule has 0 bridgehead atoms. The summed E-state index contributed by atoms with van der Waals surface area (Å²) >= 11 is 12.4. The number of oxazole rings is 1. The quantitative estimate of drug-likeness (QED) is 0.543. The highest BCUT2D eigenvalue weighted by molar-refractivity contribution is 6.35. The summed E-state index contributed by atoms with van der Waals surface area (Å²) in [7, 11) is 0. The molecule has 0 unspecified atom stereocenters. The van der Waals surface area contributed by atoms with Crippen LogP contribution in [0.4, 0.5) is 0 Å². The molecule has 1 amide bonds. The summed E-state index contributed by atoms with van der Waals surface area (Å²) in [6.45, 7) is 2.10. The Morgan fingerprint density at radius 3 is 2.63 bits per heavy atom. The maximum atomic E-state index is 12.2. The van der Waals surface area contributed by atoms with Gasteiger partial charge in [0.05, 0.1) is 6.20 Å². The first-order valence-electron chi connectivity index (χ1n) is 8.80. The number of carbonyl (C=O) groups is 1. The number of nitrogens with zero attached hydrogens (tertiary/aromatic N) is 1. The van der Waals surface area contributed by atoms with E-state index in [0.29, 0.717) is 10.0 Å². The van der Waals surface area contributed by atoms with Crippen LogP contribution in [0, 0.1) is 0 Å². The lowest BCUT2D eigenvalue weighted by atomic mass is 9.98. The molecule has 0 saturated heterocycles. The van der Waals surface area contributed by atoms with Crippen LogP contribution in [0.25, 0.3) is 11.1 Å². The summed E-state index contributed by atoms with van der Waals surface area (Å²) in [6.07, 6.45) is 5.25. The Morgan fingerprint density at radius 2 is 1.96 bits per heavy atom. The number of halogens is 2. The highest BCUT2D eigenvalue weighted by atomic mass is 35.5. The van der Waals surface area contributed by atoms with E-state index in [1.807, 2.05) is 18.2 Å². The summed E-state index contributed by atoms with van der Waals surface area (Å²) in [5.74, 6) is -0.0182. The van der Waals surface area contributed by atoms with Crippen LogP contribution in [0.1, 0.15) is 35.9 Å². The molecule has 6 heteroatoms. The minimum absolute atomic E-state index is 0.0215. The number of amides is 1. The lowest BCUT2D eigenvalue weighted by Crippen LogP contribution is -2.36. The van der Waals surface area contributed by atoms with Gasteiger partial charge >= 0.3 is 0 Å². The van der Waals surface area contributed by atoms with E-state index in [4.69, 9.17) is 27.6 Å². The fourth-order valence-corrected chi connectivity index (χ4v) is 3.38. The van der Waals surface area contributed by atoms with Gasteiger partial charge in [0.15, 0.2) is 6.39 Å². The van der Waals surface area contributed by atoms with E-state index in [-0.39, 0.29) is 17.7 Å². The normalized spacial score (nSPS) is 12.0. The molecule has 2 aromatic carbocycles. The van der Waals surface area contributed by atoms with Crippen LogP contribution in [-0.2, 0) is 6.42 Å². The summed E-state index contributed by atoms with van der Waals surface area (Å²) in [5, 5.41) is 4.33. The molecule has 0 aliphatic heterocycles. The van der Waals surface area contributed by atoms with Crippen LogP contribution in [0.3, 0.4) is 0 Å². The largest absolute Gasteiger partial charge is 0.438 e. The second-order valence-corrected chi connectivity index (χ2v) is 7.19. The van der Waals surface area contributed by atoms with Crippen LogP contribution >= 0.6 is 23.2 Å². The first kappa shape index (κ1) is 19.5. The fourth-order valence-electron chi connectivity index (χ4n) is 2.98. The second kappa shape index (κ2) is 9.07. The van der Waals surface area contributed by atoms with E-state index < -0.39 is 0 Å². The van der Waals surface area contributed by atoms with Crippen molar-refractivity contribution < 1.29 is 9.21 Å². The van der Waals surface area contributed by atoms with Gasteiger partial charge in [0.25, 0.3) is 5.91 Å². The fraction of sp³-hybridized carbons (Fsp3) is 0.238. The van der Waals surface area contributed by atoms with Crippen molar-refractivity contribution in [2.75, 3.05) is 0 Å². The number of rotatable bonds is 7. The molecule has 1 heterocycles. The van der Waals surface area contributed by atoms with E-state index in [1.165, 1.54) is 12.6 Å². The van der Waals surface area contributed by atoms with Gasteiger partial charge in [0.1, 0.15) is 0 Å². The third-order valence-electron chi connectivity index (χ3n) is 4.30. The Kier molecular flexibility index (Phi) is 6.54. The molecule has 0 aliphatic rings. The lowest BCUT2D eigenvalue weighted by Gasteiger charge is -2.18. The van der Waals surface area contributed by atoms with Gasteiger partial charge in [0.2, 0.25) is 5.76 Å². The molecule has 1 N–H and O–H groups in total. The molecule has 4 nitrogen and oxygen atoms in total. The maximum absolute atomic E-state index is 12.2. The number of hydrogen-bond donors (Lipinski definition) is 1. The smallest absolute Gasteiger partial charge is 0.288 e. The van der Waals surface area contributed by atoms with Crippen LogP contribution < -0.4 is 5.32 Å². The van der Waals surface area contributed by atoms with Crippen LogP contribution in [0.5, 0.6) is 0 Å². The number of hydrogen-bond acceptors (Lipinski definition) is 3. The van der Waals surface area contributed by atoms with E-state index >= 15 is 0 Å². The molecule has 27 heavy (non-hydrogen) atoms. The molecule has 3 aromatic rings. The van der Waals surface area contributed by atoms with Crippen molar-refractivity contribution >= 4 is 29.1 Å². The molecule has 1 aromatic heterocycles. The van der Waals surface area contributed by atoms with E-state index in [0.717, 1.165) is 36.0 Å². The second-order valence-electron chi connectivity index (χ2n) is 6.35. The Labute approximate surface area is 168 Å². The number of carbonyl (C=O) groups excluding carboxylic acids is 1. The van der Waals surface area contributed by atoms with E-state index in [2.05, 4.69) is 29.4 Å². The zero-order chi connectivity index (χ0) is 19.2. The topological polar surface area (TPSA) is 55.1 Å². The molecule has 0 saturated carbocycles. The molecule has 0 aliphatic carbocycles. The predicted octanol–water partition coefficient (Wildman–Crippen LogP) is 5.79. The van der Waals surface area contributed by atoms with Crippen molar-refractivity contribution in [1.29, 1.82) is 0 Å². The average Bonchev–Trinajstić information content (AvgIpc) is 3.19. The highest BCUT2D eigenvalue weighted by Crippen LogP contribution is 2.30. The first-order valence-corrected chi connectivity index (χ1v) is 9.56. The van der Waals surface area contributed by atoms with Gasteiger partial charge in [-0.15, -0.1) is 0 Å². The van der Waals surface area contributed by atoms with Gasteiger partial charge in [-0.1, -0.05) is 60.8 Å².